The van der Waals surface area contributed by atoms with E-state index in [0.717, 1.165) is 14.8 Å². The van der Waals surface area contributed by atoms with E-state index in [2.05, 4.69) is 27.6 Å². The number of aliphatic hydroxyl groups is 1. The maximum atomic E-state index is 9.25. The Morgan fingerprint density at radius 1 is 1.64 bits per heavy atom. The van der Waals surface area contributed by atoms with Gasteiger partial charge in [-0.3, -0.25) is 0 Å². The standard InChI is InChI=1S/C8H10INO/c1-5-3-8(9)10-4-7(5)6(2)11/h3-4,6,11H,1-2H3/t6-/m0/s1. The summed E-state index contributed by atoms with van der Waals surface area (Å²) in [5.41, 5.74) is 2.00. The Bertz CT molecular complexity index is 260. The van der Waals surface area contributed by atoms with Crippen LogP contribution in [0.1, 0.15) is 24.2 Å². The highest BCUT2D eigenvalue weighted by Gasteiger charge is 2.04. The molecule has 0 aliphatic heterocycles. The van der Waals surface area contributed by atoms with E-state index < -0.39 is 6.10 Å². The van der Waals surface area contributed by atoms with Crippen LogP contribution in [0.15, 0.2) is 12.3 Å². The van der Waals surface area contributed by atoms with Gasteiger partial charge in [0, 0.05) is 11.8 Å². The van der Waals surface area contributed by atoms with Crippen molar-refractivity contribution < 1.29 is 5.11 Å². The quantitative estimate of drug-likeness (QED) is 0.621. The van der Waals surface area contributed by atoms with Crippen LogP contribution in [-0.4, -0.2) is 10.1 Å². The molecule has 0 aliphatic carbocycles. The van der Waals surface area contributed by atoms with E-state index in [-0.39, 0.29) is 0 Å². The molecule has 0 radical (unpaired) electrons. The summed E-state index contributed by atoms with van der Waals surface area (Å²) in [4.78, 5) is 4.09. The molecule has 0 saturated carbocycles. The molecule has 1 atom stereocenters. The van der Waals surface area contributed by atoms with Gasteiger partial charge in [-0.2, -0.15) is 0 Å². The topological polar surface area (TPSA) is 33.1 Å². The fourth-order valence-electron chi connectivity index (χ4n) is 0.970. The summed E-state index contributed by atoms with van der Waals surface area (Å²) < 4.78 is 0.963. The molecule has 0 amide bonds. The number of nitrogens with zero attached hydrogens (tertiary/aromatic N) is 1. The van der Waals surface area contributed by atoms with Crippen molar-refractivity contribution in [2.24, 2.45) is 0 Å². The second kappa shape index (κ2) is 3.49. The fraction of sp³-hybridized carbons (Fsp3) is 0.375. The van der Waals surface area contributed by atoms with Crippen molar-refractivity contribution >= 4 is 22.6 Å². The second-order valence-corrected chi connectivity index (χ2v) is 3.64. The first-order valence-electron chi connectivity index (χ1n) is 3.41. The molecule has 1 heterocycles. The average Bonchev–Trinajstić information content (AvgIpc) is 1.85. The second-order valence-electron chi connectivity index (χ2n) is 2.54. The van der Waals surface area contributed by atoms with Crippen molar-refractivity contribution in [3.63, 3.8) is 0 Å². The Morgan fingerprint density at radius 2 is 2.27 bits per heavy atom. The number of aliphatic hydroxyl groups excluding tert-OH is 1. The first-order valence-corrected chi connectivity index (χ1v) is 4.49. The van der Waals surface area contributed by atoms with E-state index in [1.807, 2.05) is 13.0 Å². The number of hydrogen-bond acceptors (Lipinski definition) is 2. The smallest absolute Gasteiger partial charge is 0.101 e. The minimum Gasteiger partial charge on any atom is -0.389 e. The SMILES string of the molecule is Cc1cc(I)ncc1[C@H](C)O. The lowest BCUT2D eigenvalue weighted by Gasteiger charge is -2.07. The molecule has 3 heteroatoms. The summed E-state index contributed by atoms with van der Waals surface area (Å²) in [6.07, 6.45) is 1.31. The van der Waals surface area contributed by atoms with Crippen LogP contribution in [0.3, 0.4) is 0 Å². The molecule has 1 aromatic heterocycles. The highest BCUT2D eigenvalue weighted by molar-refractivity contribution is 14.1. The van der Waals surface area contributed by atoms with E-state index in [4.69, 9.17) is 0 Å². The normalized spacial score (nSPS) is 13.1. The van der Waals surface area contributed by atoms with Gasteiger partial charge in [0.15, 0.2) is 0 Å². The Labute approximate surface area is 79.8 Å². The van der Waals surface area contributed by atoms with Crippen LogP contribution in [0, 0.1) is 10.6 Å². The molecule has 1 N–H and O–H groups in total. The molecule has 0 saturated heterocycles. The number of pyridine rings is 1. The summed E-state index contributed by atoms with van der Waals surface area (Å²) in [6.45, 7) is 3.72. The first kappa shape index (κ1) is 8.93. The molecule has 0 spiro atoms. The molecule has 1 rings (SSSR count). The van der Waals surface area contributed by atoms with Crippen LogP contribution in [0.5, 0.6) is 0 Å². The third kappa shape index (κ3) is 2.13. The number of aromatic nitrogens is 1. The lowest BCUT2D eigenvalue weighted by Crippen LogP contribution is -1.96. The van der Waals surface area contributed by atoms with Crippen LogP contribution in [0.4, 0.5) is 0 Å². The Morgan fingerprint density at radius 3 is 2.73 bits per heavy atom. The zero-order valence-electron chi connectivity index (χ0n) is 6.50. The number of hydrogen-bond donors (Lipinski definition) is 1. The molecule has 60 valence electrons. The zero-order chi connectivity index (χ0) is 8.43. The first-order chi connectivity index (χ1) is 5.11. The van der Waals surface area contributed by atoms with E-state index in [9.17, 15) is 5.11 Å². The van der Waals surface area contributed by atoms with Gasteiger partial charge in [0.1, 0.15) is 3.70 Å². The van der Waals surface area contributed by atoms with Crippen molar-refractivity contribution in [1.29, 1.82) is 0 Å². The average molecular weight is 263 g/mol. The summed E-state index contributed by atoms with van der Waals surface area (Å²) in [5, 5.41) is 9.25. The van der Waals surface area contributed by atoms with Crippen molar-refractivity contribution in [2.45, 2.75) is 20.0 Å². The van der Waals surface area contributed by atoms with Crippen molar-refractivity contribution in [2.75, 3.05) is 0 Å². The van der Waals surface area contributed by atoms with Gasteiger partial charge in [-0.15, -0.1) is 0 Å². The third-order valence-corrected chi connectivity index (χ3v) is 2.16. The number of halogens is 1. The van der Waals surface area contributed by atoms with Crippen LogP contribution < -0.4 is 0 Å². The molecular weight excluding hydrogens is 253 g/mol. The van der Waals surface area contributed by atoms with Gasteiger partial charge in [0.25, 0.3) is 0 Å². The van der Waals surface area contributed by atoms with Crippen molar-refractivity contribution in [1.82, 2.24) is 4.98 Å². The lowest BCUT2D eigenvalue weighted by molar-refractivity contribution is 0.198. The molecular formula is C8H10INO. The maximum absolute atomic E-state index is 9.25. The molecule has 0 aromatic carbocycles. The van der Waals surface area contributed by atoms with E-state index >= 15 is 0 Å². The van der Waals surface area contributed by atoms with Crippen LogP contribution in [0.2, 0.25) is 0 Å². The Kier molecular flexibility index (Phi) is 2.84. The molecule has 11 heavy (non-hydrogen) atoms. The lowest BCUT2D eigenvalue weighted by atomic mass is 10.1. The summed E-state index contributed by atoms with van der Waals surface area (Å²) in [6, 6.07) is 1.96. The van der Waals surface area contributed by atoms with Crippen molar-refractivity contribution in [3.8, 4) is 0 Å². The predicted octanol–water partition coefficient (Wildman–Crippen LogP) is 2.05. The maximum Gasteiger partial charge on any atom is 0.101 e. The van der Waals surface area contributed by atoms with Crippen molar-refractivity contribution in [3.05, 3.63) is 27.1 Å². The molecule has 0 fully saturated rings. The monoisotopic (exact) mass is 263 g/mol. The van der Waals surface area contributed by atoms with E-state index in [1.54, 1.807) is 13.1 Å². The van der Waals surface area contributed by atoms with Gasteiger partial charge in [0.2, 0.25) is 0 Å². The fourth-order valence-corrected chi connectivity index (χ4v) is 1.58. The summed E-state index contributed by atoms with van der Waals surface area (Å²) in [7, 11) is 0. The summed E-state index contributed by atoms with van der Waals surface area (Å²) >= 11 is 2.15. The molecule has 0 unspecified atom stereocenters. The zero-order valence-corrected chi connectivity index (χ0v) is 8.66. The number of aryl methyl sites for hydroxylation is 1. The minimum atomic E-state index is -0.417. The summed E-state index contributed by atoms with van der Waals surface area (Å²) in [5.74, 6) is 0. The predicted molar refractivity (Wildman–Crippen MR) is 52.3 cm³/mol. The van der Waals surface area contributed by atoms with Crippen LogP contribution in [0.25, 0.3) is 0 Å². The molecule has 0 aliphatic rings. The molecule has 0 bridgehead atoms. The van der Waals surface area contributed by atoms with Gasteiger partial charge in [-0.25, -0.2) is 4.98 Å². The van der Waals surface area contributed by atoms with E-state index in [1.165, 1.54) is 0 Å². The Hall–Kier alpha value is -0.160. The van der Waals surface area contributed by atoms with E-state index in [0.29, 0.717) is 0 Å². The van der Waals surface area contributed by atoms with Gasteiger partial charge in [-0.05, 0) is 48.1 Å². The van der Waals surface area contributed by atoms with Gasteiger partial charge >= 0.3 is 0 Å². The molecule has 2 nitrogen and oxygen atoms in total. The van der Waals surface area contributed by atoms with Crippen LogP contribution in [-0.2, 0) is 0 Å². The van der Waals surface area contributed by atoms with Gasteiger partial charge in [0.05, 0.1) is 6.10 Å². The van der Waals surface area contributed by atoms with Crippen LogP contribution >= 0.6 is 22.6 Å². The third-order valence-electron chi connectivity index (χ3n) is 1.57. The highest BCUT2D eigenvalue weighted by atomic mass is 127. The highest BCUT2D eigenvalue weighted by Crippen LogP contribution is 2.16. The minimum absolute atomic E-state index is 0.417. The largest absolute Gasteiger partial charge is 0.389 e. The van der Waals surface area contributed by atoms with Gasteiger partial charge in [-0.1, -0.05) is 0 Å². The van der Waals surface area contributed by atoms with Gasteiger partial charge < -0.3 is 5.11 Å². The Balaban J connectivity index is 3.09. The molecule has 1 aromatic rings. The number of rotatable bonds is 1.